The van der Waals surface area contributed by atoms with Crippen molar-refractivity contribution < 1.29 is 23.8 Å². The van der Waals surface area contributed by atoms with Crippen molar-refractivity contribution in [3.8, 4) is 0 Å². The molecule has 1 saturated heterocycles. The van der Waals surface area contributed by atoms with Crippen LogP contribution in [0.5, 0.6) is 0 Å². The number of benzene rings is 1. The highest BCUT2D eigenvalue weighted by Gasteiger charge is 2.24. The van der Waals surface area contributed by atoms with Crippen molar-refractivity contribution in [2.24, 2.45) is 0 Å². The normalized spacial score (nSPS) is 18.9. The number of nitrogens with one attached hydrogen (secondary N) is 2. The van der Waals surface area contributed by atoms with Crippen molar-refractivity contribution in [1.29, 1.82) is 0 Å². The van der Waals surface area contributed by atoms with Gasteiger partial charge in [0.1, 0.15) is 11.9 Å². The minimum Gasteiger partial charge on any atom is -0.478 e. The number of ether oxygens (including phenoxy) is 1. The van der Waals surface area contributed by atoms with Crippen molar-refractivity contribution in [2.45, 2.75) is 6.04 Å². The predicted octanol–water partition coefficient (Wildman–Crippen LogP) is 0.451. The molecule has 102 valence electrons. The van der Waals surface area contributed by atoms with E-state index in [-0.39, 0.29) is 17.9 Å². The highest BCUT2D eigenvalue weighted by Crippen LogP contribution is 2.20. The Bertz CT molecular complexity index is 501. The first-order chi connectivity index (χ1) is 9.09. The molecule has 1 unspecified atom stereocenters. The molecule has 1 aliphatic heterocycles. The van der Waals surface area contributed by atoms with Gasteiger partial charge in [0.2, 0.25) is 5.91 Å². The Morgan fingerprint density at radius 1 is 1.47 bits per heavy atom. The lowest BCUT2D eigenvalue weighted by molar-refractivity contribution is -0.120. The second-order valence-electron chi connectivity index (χ2n) is 4.04. The lowest BCUT2D eigenvalue weighted by Gasteiger charge is -2.23. The molecule has 1 aliphatic rings. The monoisotopic (exact) mass is 268 g/mol. The maximum atomic E-state index is 13.6. The van der Waals surface area contributed by atoms with Crippen molar-refractivity contribution >= 4 is 17.6 Å². The average Bonchev–Trinajstić information content (AvgIpc) is 2.41. The number of rotatable bonds is 3. The summed E-state index contributed by atoms with van der Waals surface area (Å²) in [5, 5.41) is 14.1. The zero-order valence-corrected chi connectivity index (χ0v) is 9.98. The van der Waals surface area contributed by atoms with Gasteiger partial charge in [0.15, 0.2) is 0 Å². The minimum atomic E-state index is -1.30. The summed E-state index contributed by atoms with van der Waals surface area (Å²) in [6.07, 6.45) is 0. The number of carbonyl (C=O) groups is 2. The molecule has 1 aromatic rings. The molecule has 3 N–H and O–H groups in total. The van der Waals surface area contributed by atoms with Crippen LogP contribution in [-0.4, -0.2) is 42.8 Å². The molecule has 1 heterocycles. The van der Waals surface area contributed by atoms with Crippen molar-refractivity contribution in [3.05, 3.63) is 29.6 Å². The minimum absolute atomic E-state index is 0.169. The first-order valence-corrected chi connectivity index (χ1v) is 5.73. The van der Waals surface area contributed by atoms with Crippen LogP contribution < -0.4 is 10.6 Å². The molecule has 7 heteroatoms. The molecule has 0 saturated carbocycles. The van der Waals surface area contributed by atoms with Gasteiger partial charge in [0.25, 0.3) is 0 Å². The van der Waals surface area contributed by atoms with E-state index in [1.165, 1.54) is 12.1 Å². The first-order valence-electron chi connectivity index (χ1n) is 5.73. The molecule has 1 atom stereocenters. The molecule has 0 aliphatic carbocycles. The number of para-hydroxylation sites is 1. The van der Waals surface area contributed by atoms with Crippen molar-refractivity contribution in [1.82, 2.24) is 5.32 Å². The fourth-order valence-electron chi connectivity index (χ4n) is 1.77. The Morgan fingerprint density at radius 3 is 2.89 bits per heavy atom. The van der Waals surface area contributed by atoms with Crippen LogP contribution in [0.25, 0.3) is 0 Å². The fourth-order valence-corrected chi connectivity index (χ4v) is 1.77. The summed E-state index contributed by atoms with van der Waals surface area (Å²) < 4.78 is 18.7. The number of carbonyl (C=O) groups excluding carboxylic acids is 1. The topological polar surface area (TPSA) is 87.7 Å². The quantitative estimate of drug-likeness (QED) is 0.741. The third-order valence-corrected chi connectivity index (χ3v) is 2.73. The predicted molar refractivity (Wildman–Crippen MR) is 64.6 cm³/mol. The summed E-state index contributed by atoms with van der Waals surface area (Å²) in [5.41, 5.74) is -0.613. The Balaban J connectivity index is 2.18. The lowest BCUT2D eigenvalue weighted by Crippen LogP contribution is -2.49. The fraction of sp³-hybridized carbons (Fsp3) is 0.333. The number of morpholine rings is 1. The van der Waals surface area contributed by atoms with Gasteiger partial charge in [-0.25, -0.2) is 9.18 Å². The van der Waals surface area contributed by atoms with Crippen molar-refractivity contribution in [3.63, 3.8) is 0 Å². The van der Waals surface area contributed by atoms with Gasteiger partial charge in [-0.2, -0.15) is 0 Å². The third kappa shape index (κ3) is 3.07. The van der Waals surface area contributed by atoms with Crippen LogP contribution in [0.15, 0.2) is 18.2 Å². The van der Waals surface area contributed by atoms with E-state index in [1.807, 2.05) is 0 Å². The van der Waals surface area contributed by atoms with Crippen LogP contribution >= 0.6 is 0 Å². The Kier molecular flexibility index (Phi) is 4.08. The second-order valence-corrected chi connectivity index (χ2v) is 4.04. The first kappa shape index (κ1) is 13.4. The van der Waals surface area contributed by atoms with Gasteiger partial charge in [0, 0.05) is 6.54 Å². The Hall–Kier alpha value is -1.99. The van der Waals surface area contributed by atoms with Crippen LogP contribution in [0.3, 0.4) is 0 Å². The highest BCUT2D eigenvalue weighted by molar-refractivity contribution is 6.02. The maximum absolute atomic E-state index is 13.6. The number of anilines is 1. The summed E-state index contributed by atoms with van der Waals surface area (Å²) in [6, 6.07) is 2.98. The number of amides is 1. The van der Waals surface area contributed by atoms with E-state index in [0.717, 1.165) is 6.07 Å². The lowest BCUT2D eigenvalue weighted by atomic mass is 10.1. The molecular formula is C12H13FN2O4. The van der Waals surface area contributed by atoms with Crippen LogP contribution in [0, 0.1) is 5.82 Å². The van der Waals surface area contributed by atoms with E-state index < -0.39 is 23.7 Å². The summed E-state index contributed by atoms with van der Waals surface area (Å²) in [5.74, 6) is -2.61. The van der Waals surface area contributed by atoms with E-state index >= 15 is 0 Å². The largest absolute Gasteiger partial charge is 0.478 e. The number of hydrogen-bond donors (Lipinski definition) is 3. The molecule has 0 spiro atoms. The second kappa shape index (κ2) is 5.77. The molecule has 0 aromatic heterocycles. The number of halogens is 1. The van der Waals surface area contributed by atoms with E-state index in [9.17, 15) is 14.0 Å². The number of carboxylic acids is 1. The zero-order chi connectivity index (χ0) is 13.8. The smallest absolute Gasteiger partial charge is 0.337 e. The molecule has 1 fully saturated rings. The molecule has 0 radical (unpaired) electrons. The molecule has 2 rings (SSSR count). The molecule has 19 heavy (non-hydrogen) atoms. The van der Waals surface area contributed by atoms with E-state index in [1.54, 1.807) is 0 Å². The standard InChI is InChI=1S/C12H13FN2O4/c13-8-3-1-2-7(12(17)18)10(8)15-11(16)9-6-19-5-4-14-9/h1-3,9,14H,4-6H2,(H,15,16)(H,17,18). The Labute approximate surface area is 108 Å². The average molecular weight is 268 g/mol. The zero-order valence-electron chi connectivity index (χ0n) is 9.98. The highest BCUT2D eigenvalue weighted by atomic mass is 19.1. The van der Waals surface area contributed by atoms with Gasteiger partial charge in [-0.05, 0) is 12.1 Å². The summed E-state index contributed by atoms with van der Waals surface area (Å²) in [4.78, 5) is 22.9. The maximum Gasteiger partial charge on any atom is 0.337 e. The van der Waals surface area contributed by atoms with Crippen LogP contribution in [0.4, 0.5) is 10.1 Å². The number of hydrogen-bond acceptors (Lipinski definition) is 4. The van der Waals surface area contributed by atoms with Gasteiger partial charge in [-0.1, -0.05) is 6.07 Å². The summed E-state index contributed by atoms with van der Waals surface area (Å²) in [6.45, 7) is 1.19. The van der Waals surface area contributed by atoms with Crippen LogP contribution in [-0.2, 0) is 9.53 Å². The van der Waals surface area contributed by atoms with Gasteiger partial charge in [0.05, 0.1) is 24.5 Å². The van der Waals surface area contributed by atoms with E-state index in [0.29, 0.717) is 13.2 Å². The van der Waals surface area contributed by atoms with E-state index in [2.05, 4.69) is 10.6 Å². The van der Waals surface area contributed by atoms with E-state index in [4.69, 9.17) is 9.84 Å². The van der Waals surface area contributed by atoms with Crippen LogP contribution in [0.1, 0.15) is 10.4 Å². The number of aromatic carboxylic acids is 1. The molecule has 1 aromatic carbocycles. The van der Waals surface area contributed by atoms with Gasteiger partial charge in [-0.15, -0.1) is 0 Å². The molecular weight excluding hydrogens is 255 g/mol. The summed E-state index contributed by atoms with van der Waals surface area (Å²) in [7, 11) is 0. The molecule has 0 bridgehead atoms. The van der Waals surface area contributed by atoms with Gasteiger partial charge >= 0.3 is 5.97 Å². The summed E-state index contributed by atoms with van der Waals surface area (Å²) >= 11 is 0. The van der Waals surface area contributed by atoms with Gasteiger partial charge in [-0.3, -0.25) is 4.79 Å². The van der Waals surface area contributed by atoms with Crippen LogP contribution in [0.2, 0.25) is 0 Å². The third-order valence-electron chi connectivity index (χ3n) is 2.73. The SMILES string of the molecule is O=C(O)c1cccc(F)c1NC(=O)C1COCCN1. The Morgan fingerprint density at radius 2 is 2.26 bits per heavy atom. The van der Waals surface area contributed by atoms with Crippen molar-refractivity contribution in [2.75, 3.05) is 25.1 Å². The van der Waals surface area contributed by atoms with Gasteiger partial charge < -0.3 is 20.5 Å². The number of carboxylic acid groups (broad SMARTS) is 1. The molecule has 6 nitrogen and oxygen atoms in total. The molecule has 1 amide bonds.